The van der Waals surface area contributed by atoms with Crippen molar-refractivity contribution in [2.45, 2.75) is 44.4 Å². The maximum Gasteiger partial charge on any atom is 0.208 e. The Hall–Kier alpha value is -2.39. The van der Waals surface area contributed by atoms with Crippen LogP contribution in [0.2, 0.25) is 5.02 Å². The summed E-state index contributed by atoms with van der Waals surface area (Å²) < 4.78 is 20.9. The molecule has 1 aromatic carbocycles. The number of thiophene rings is 1. The van der Waals surface area contributed by atoms with Crippen LogP contribution in [-0.4, -0.2) is 39.6 Å². The molecule has 0 bridgehead atoms. The number of ether oxygens (including phenoxy) is 1. The molecule has 177 valence electrons. The lowest BCUT2D eigenvalue weighted by Crippen LogP contribution is -2.20. The summed E-state index contributed by atoms with van der Waals surface area (Å²) in [5.41, 5.74) is 2.39. The number of fused-ring (bicyclic) bond motifs is 1. The van der Waals surface area contributed by atoms with Crippen LogP contribution in [0.15, 0.2) is 30.7 Å². The van der Waals surface area contributed by atoms with Gasteiger partial charge in [0.2, 0.25) is 5.78 Å². The van der Waals surface area contributed by atoms with Gasteiger partial charge in [-0.2, -0.15) is 0 Å². The molecule has 4 atom stereocenters. The van der Waals surface area contributed by atoms with Gasteiger partial charge in [-0.25, -0.2) is 14.4 Å². The molecule has 3 aromatic rings. The summed E-state index contributed by atoms with van der Waals surface area (Å²) in [5, 5.41) is 13.3. The molecule has 34 heavy (non-hydrogen) atoms. The van der Waals surface area contributed by atoms with Crippen LogP contribution in [0.1, 0.15) is 55.7 Å². The third-order valence-electron chi connectivity index (χ3n) is 6.56. The monoisotopic (exact) mass is 500 g/mol. The molecule has 3 heterocycles. The van der Waals surface area contributed by atoms with Crippen LogP contribution < -0.4 is 5.32 Å². The minimum Gasteiger partial charge on any atom is -0.393 e. The Morgan fingerprint density at radius 3 is 2.97 bits per heavy atom. The van der Waals surface area contributed by atoms with Crippen LogP contribution in [-0.2, 0) is 11.2 Å². The molecule has 1 radical (unpaired) electrons. The Morgan fingerprint density at radius 2 is 2.21 bits per heavy atom. The van der Waals surface area contributed by atoms with Gasteiger partial charge in [0.15, 0.2) is 0 Å². The number of rotatable bonds is 5. The fourth-order valence-electron chi connectivity index (χ4n) is 4.75. The van der Waals surface area contributed by atoms with Crippen molar-refractivity contribution in [3.8, 4) is 0 Å². The van der Waals surface area contributed by atoms with Crippen molar-refractivity contribution < 1.29 is 19.0 Å². The SMILES string of the molecule is [CH2][C@@H]1C[C@@H](Nc2ncncc2C(=O)c2cc([C@@H]3OCCc4ccc(Cl)c(F)c43)c(C)s2)C[C@@H]1O. The zero-order valence-electron chi connectivity index (χ0n) is 18.6. The summed E-state index contributed by atoms with van der Waals surface area (Å²) in [6.45, 7) is 6.32. The summed E-state index contributed by atoms with van der Waals surface area (Å²) >= 11 is 7.39. The smallest absolute Gasteiger partial charge is 0.208 e. The average molecular weight is 501 g/mol. The molecule has 5 rings (SSSR count). The van der Waals surface area contributed by atoms with E-state index in [-0.39, 0.29) is 22.8 Å². The van der Waals surface area contributed by atoms with Gasteiger partial charge in [0.05, 0.1) is 28.2 Å². The van der Waals surface area contributed by atoms with Crippen molar-refractivity contribution in [2.24, 2.45) is 5.92 Å². The first-order valence-electron chi connectivity index (χ1n) is 11.1. The highest BCUT2D eigenvalue weighted by molar-refractivity contribution is 7.14. The fraction of sp³-hybridized carbons (Fsp3) is 0.360. The normalized spacial score (nSPS) is 24.1. The molecule has 0 spiro atoms. The van der Waals surface area contributed by atoms with Gasteiger partial charge >= 0.3 is 0 Å². The largest absolute Gasteiger partial charge is 0.393 e. The number of carbonyl (C=O) groups excluding carboxylic acids is 1. The number of aromatic nitrogens is 2. The first-order chi connectivity index (χ1) is 16.3. The second-order valence-corrected chi connectivity index (χ2v) is 10.5. The Balaban J connectivity index is 1.45. The van der Waals surface area contributed by atoms with Crippen molar-refractivity contribution in [1.82, 2.24) is 9.97 Å². The van der Waals surface area contributed by atoms with Gasteiger partial charge in [-0.3, -0.25) is 4.79 Å². The van der Waals surface area contributed by atoms with Crippen molar-refractivity contribution in [3.05, 3.63) is 80.5 Å². The van der Waals surface area contributed by atoms with Gasteiger partial charge in [-0.1, -0.05) is 17.7 Å². The van der Waals surface area contributed by atoms with Gasteiger partial charge < -0.3 is 15.2 Å². The van der Waals surface area contributed by atoms with E-state index in [9.17, 15) is 14.3 Å². The van der Waals surface area contributed by atoms with Gasteiger partial charge in [-0.05, 0) is 62.3 Å². The number of aryl methyl sites for hydroxylation is 1. The predicted molar refractivity (Wildman–Crippen MR) is 129 cm³/mol. The van der Waals surface area contributed by atoms with E-state index in [2.05, 4.69) is 22.2 Å². The predicted octanol–water partition coefficient (Wildman–Crippen LogP) is 4.92. The molecule has 0 amide bonds. The molecule has 9 heteroatoms. The summed E-state index contributed by atoms with van der Waals surface area (Å²) in [5.74, 6) is -0.341. The van der Waals surface area contributed by atoms with Crippen molar-refractivity contribution in [1.29, 1.82) is 0 Å². The van der Waals surface area contributed by atoms with E-state index in [1.165, 1.54) is 23.9 Å². The van der Waals surface area contributed by atoms with E-state index >= 15 is 0 Å². The Morgan fingerprint density at radius 1 is 1.38 bits per heavy atom. The molecule has 6 nitrogen and oxygen atoms in total. The van der Waals surface area contributed by atoms with Gasteiger partial charge in [0, 0.05) is 22.7 Å². The fourth-order valence-corrected chi connectivity index (χ4v) is 5.92. The molecule has 2 aromatic heterocycles. The van der Waals surface area contributed by atoms with Crippen molar-refractivity contribution in [3.63, 3.8) is 0 Å². The number of hydrogen-bond donors (Lipinski definition) is 2. The zero-order valence-corrected chi connectivity index (χ0v) is 20.1. The van der Waals surface area contributed by atoms with Gasteiger partial charge in [0.25, 0.3) is 0 Å². The maximum absolute atomic E-state index is 15.0. The van der Waals surface area contributed by atoms with Gasteiger partial charge in [-0.15, -0.1) is 11.3 Å². The quantitative estimate of drug-likeness (QED) is 0.484. The maximum atomic E-state index is 15.0. The standard InChI is InChI=1S/C25H24ClFN3O3S/c1-12-7-15(8-19(12)31)30-25-17(10-28-11-29-25)23(32)20-9-16(13(2)34-20)24-21-14(5-6-33-24)3-4-18(26)22(21)27/h3-4,9-12,15,19,24,31H,1,5-8H2,2H3,(H,28,29,30)/t12-,15-,19+,24+/m1/s1. The molecular formula is C25H24ClFN3O3S. The Bertz CT molecular complexity index is 1240. The molecular weight excluding hydrogens is 477 g/mol. The minimum absolute atomic E-state index is 0.0283. The number of nitrogens with zero attached hydrogens (tertiary/aromatic N) is 2. The lowest BCUT2D eigenvalue weighted by atomic mass is 9.92. The number of carbonyl (C=O) groups is 1. The highest BCUT2D eigenvalue weighted by atomic mass is 35.5. The lowest BCUT2D eigenvalue weighted by molar-refractivity contribution is 0.0668. The minimum atomic E-state index is -0.626. The Kier molecular flexibility index (Phi) is 6.41. The lowest BCUT2D eigenvalue weighted by Gasteiger charge is -2.27. The number of benzene rings is 1. The third kappa shape index (κ3) is 4.24. The molecule has 2 aliphatic rings. The number of aliphatic hydroxyl groups is 1. The number of aliphatic hydroxyl groups excluding tert-OH is 1. The summed E-state index contributed by atoms with van der Waals surface area (Å²) in [6, 6.07) is 5.14. The molecule has 1 saturated carbocycles. The van der Waals surface area contributed by atoms with Crippen LogP contribution >= 0.6 is 22.9 Å². The second-order valence-electron chi connectivity index (χ2n) is 8.81. The van der Waals surface area contributed by atoms with Crippen LogP contribution in [0, 0.1) is 25.6 Å². The van der Waals surface area contributed by atoms with E-state index in [1.807, 2.05) is 13.0 Å². The number of anilines is 1. The van der Waals surface area contributed by atoms with Crippen LogP contribution in [0.3, 0.4) is 0 Å². The van der Waals surface area contributed by atoms with Crippen molar-refractivity contribution >= 4 is 34.5 Å². The molecule has 1 aliphatic carbocycles. The highest BCUT2D eigenvalue weighted by Crippen LogP contribution is 2.41. The Labute approximate surface area is 206 Å². The van der Waals surface area contributed by atoms with E-state index in [4.69, 9.17) is 16.3 Å². The summed E-state index contributed by atoms with van der Waals surface area (Å²) in [7, 11) is 0. The highest BCUT2D eigenvalue weighted by Gasteiger charge is 2.32. The van der Waals surface area contributed by atoms with E-state index in [1.54, 1.807) is 12.1 Å². The van der Waals surface area contributed by atoms with Crippen LogP contribution in [0.25, 0.3) is 0 Å². The molecule has 1 fully saturated rings. The number of hydrogen-bond acceptors (Lipinski definition) is 7. The number of ketones is 1. The number of nitrogens with one attached hydrogen (secondary N) is 1. The van der Waals surface area contributed by atoms with Crippen molar-refractivity contribution in [2.75, 3.05) is 11.9 Å². The second kappa shape index (κ2) is 9.34. The van der Waals surface area contributed by atoms with Gasteiger partial charge in [0.1, 0.15) is 24.1 Å². The van der Waals surface area contributed by atoms with Crippen LogP contribution in [0.4, 0.5) is 10.2 Å². The number of halogens is 2. The topological polar surface area (TPSA) is 84.3 Å². The first kappa shape index (κ1) is 23.4. The molecule has 0 unspecified atom stereocenters. The molecule has 0 saturated heterocycles. The zero-order chi connectivity index (χ0) is 24.0. The average Bonchev–Trinajstić information content (AvgIpc) is 3.37. The molecule has 2 N–H and O–H groups in total. The third-order valence-corrected chi connectivity index (χ3v) is 7.92. The summed E-state index contributed by atoms with van der Waals surface area (Å²) in [6.07, 6.45) is 3.61. The van der Waals surface area contributed by atoms with E-state index in [0.29, 0.717) is 47.7 Å². The van der Waals surface area contributed by atoms with E-state index < -0.39 is 18.0 Å². The van der Waals surface area contributed by atoms with E-state index in [0.717, 1.165) is 16.0 Å². The summed E-state index contributed by atoms with van der Waals surface area (Å²) in [4.78, 5) is 23.2. The molecule has 1 aliphatic heterocycles. The first-order valence-corrected chi connectivity index (χ1v) is 12.3. The van der Waals surface area contributed by atoms with Crippen LogP contribution in [0.5, 0.6) is 0 Å².